The lowest BCUT2D eigenvalue weighted by Gasteiger charge is -2.13. The molecule has 0 saturated carbocycles. The number of rotatable bonds is 5. The van der Waals surface area contributed by atoms with Crippen molar-refractivity contribution < 1.29 is 14.7 Å². The van der Waals surface area contributed by atoms with Gasteiger partial charge in [-0.3, -0.25) is 4.79 Å². The summed E-state index contributed by atoms with van der Waals surface area (Å²) in [6.45, 7) is 0. The average Bonchev–Trinajstić information content (AvgIpc) is 2.91. The molecule has 0 aliphatic heterocycles. The van der Waals surface area contributed by atoms with E-state index >= 15 is 0 Å². The zero-order chi connectivity index (χ0) is 13.7. The Balaban J connectivity index is 2.05. The highest BCUT2D eigenvalue weighted by Gasteiger charge is 2.21. The van der Waals surface area contributed by atoms with E-state index in [0.29, 0.717) is 12.0 Å². The standard InChI is InChI=1S/C14H13NO3S/c16-13(10-5-2-1-3-6-10)15-12(14(17)18)9-11-7-4-8-19-11/h1-8,12H,9H2,(H,15,16)(H,17,18)/t12-/m0/s1. The summed E-state index contributed by atoms with van der Waals surface area (Å²) in [6.07, 6.45) is 0.297. The molecule has 98 valence electrons. The van der Waals surface area contributed by atoms with E-state index in [9.17, 15) is 9.59 Å². The first kappa shape index (κ1) is 13.3. The maximum Gasteiger partial charge on any atom is 0.326 e. The van der Waals surface area contributed by atoms with Crippen molar-refractivity contribution in [3.63, 3.8) is 0 Å². The number of amides is 1. The molecule has 2 aromatic rings. The van der Waals surface area contributed by atoms with E-state index in [1.807, 2.05) is 17.5 Å². The van der Waals surface area contributed by atoms with Crippen LogP contribution in [0.25, 0.3) is 0 Å². The summed E-state index contributed by atoms with van der Waals surface area (Å²) in [7, 11) is 0. The molecule has 2 N–H and O–H groups in total. The average molecular weight is 275 g/mol. The third kappa shape index (κ3) is 3.66. The van der Waals surface area contributed by atoms with Gasteiger partial charge in [0.1, 0.15) is 6.04 Å². The predicted molar refractivity (Wildman–Crippen MR) is 73.4 cm³/mol. The Kier molecular flexibility index (Phi) is 4.30. The molecule has 1 atom stereocenters. The van der Waals surface area contributed by atoms with Crippen LogP contribution in [-0.2, 0) is 11.2 Å². The Bertz CT molecular complexity index is 551. The van der Waals surface area contributed by atoms with Gasteiger partial charge in [0.15, 0.2) is 0 Å². The molecule has 0 aliphatic carbocycles. The van der Waals surface area contributed by atoms with Crippen LogP contribution in [0.2, 0.25) is 0 Å². The largest absolute Gasteiger partial charge is 0.480 e. The first-order valence-corrected chi connectivity index (χ1v) is 6.66. The third-order valence-corrected chi connectivity index (χ3v) is 3.52. The Morgan fingerprint density at radius 2 is 1.89 bits per heavy atom. The lowest BCUT2D eigenvalue weighted by atomic mass is 10.1. The summed E-state index contributed by atoms with van der Waals surface area (Å²) in [5.41, 5.74) is 0.458. The molecular formula is C14H13NO3S. The fourth-order valence-corrected chi connectivity index (χ4v) is 2.41. The van der Waals surface area contributed by atoms with Gasteiger partial charge in [-0.15, -0.1) is 11.3 Å². The number of carboxylic acids is 1. The highest BCUT2D eigenvalue weighted by atomic mass is 32.1. The number of carbonyl (C=O) groups is 2. The van der Waals surface area contributed by atoms with Gasteiger partial charge in [0.05, 0.1) is 0 Å². The van der Waals surface area contributed by atoms with Crippen LogP contribution in [0.15, 0.2) is 47.8 Å². The molecule has 19 heavy (non-hydrogen) atoms. The Hall–Kier alpha value is -2.14. The molecule has 0 radical (unpaired) electrons. The zero-order valence-corrected chi connectivity index (χ0v) is 10.9. The lowest BCUT2D eigenvalue weighted by Crippen LogP contribution is -2.42. The number of carbonyl (C=O) groups excluding carboxylic acids is 1. The first-order valence-electron chi connectivity index (χ1n) is 5.78. The van der Waals surface area contributed by atoms with Crippen LogP contribution in [0.3, 0.4) is 0 Å². The molecule has 1 aromatic carbocycles. The van der Waals surface area contributed by atoms with Crippen LogP contribution in [0, 0.1) is 0 Å². The normalized spacial score (nSPS) is 11.8. The van der Waals surface area contributed by atoms with Crippen molar-refractivity contribution in [2.45, 2.75) is 12.5 Å². The monoisotopic (exact) mass is 275 g/mol. The van der Waals surface area contributed by atoms with Crippen molar-refractivity contribution >= 4 is 23.2 Å². The summed E-state index contributed by atoms with van der Waals surface area (Å²) in [4.78, 5) is 24.0. The SMILES string of the molecule is O=C(N[C@@H](Cc1cccs1)C(=O)O)c1ccccc1. The van der Waals surface area contributed by atoms with Crippen LogP contribution in [-0.4, -0.2) is 23.0 Å². The zero-order valence-electron chi connectivity index (χ0n) is 10.1. The molecule has 5 heteroatoms. The van der Waals surface area contributed by atoms with Gasteiger partial charge >= 0.3 is 5.97 Å². The van der Waals surface area contributed by atoms with Gasteiger partial charge < -0.3 is 10.4 Å². The highest BCUT2D eigenvalue weighted by molar-refractivity contribution is 7.09. The topological polar surface area (TPSA) is 66.4 Å². The van der Waals surface area contributed by atoms with E-state index < -0.39 is 12.0 Å². The molecule has 0 spiro atoms. The Labute approximate surface area is 114 Å². The van der Waals surface area contributed by atoms with Gasteiger partial charge in [-0.25, -0.2) is 4.79 Å². The number of benzene rings is 1. The molecule has 1 heterocycles. The van der Waals surface area contributed by atoms with Gasteiger partial charge in [-0.1, -0.05) is 24.3 Å². The van der Waals surface area contributed by atoms with E-state index in [0.717, 1.165) is 4.88 Å². The lowest BCUT2D eigenvalue weighted by molar-refractivity contribution is -0.139. The third-order valence-electron chi connectivity index (χ3n) is 2.62. The fourth-order valence-electron chi connectivity index (χ4n) is 1.66. The number of carboxylic acid groups (broad SMARTS) is 1. The van der Waals surface area contributed by atoms with Crippen molar-refractivity contribution in [3.05, 3.63) is 58.3 Å². The van der Waals surface area contributed by atoms with Crippen LogP contribution in [0.5, 0.6) is 0 Å². The van der Waals surface area contributed by atoms with E-state index in [1.165, 1.54) is 11.3 Å². The van der Waals surface area contributed by atoms with Gasteiger partial charge in [0, 0.05) is 16.9 Å². The predicted octanol–water partition coefficient (Wildman–Crippen LogP) is 2.17. The maximum absolute atomic E-state index is 11.9. The van der Waals surface area contributed by atoms with E-state index in [2.05, 4.69) is 5.32 Å². The number of hydrogen-bond donors (Lipinski definition) is 2. The maximum atomic E-state index is 11.9. The van der Waals surface area contributed by atoms with Crippen molar-refractivity contribution in [2.24, 2.45) is 0 Å². The minimum absolute atomic E-state index is 0.297. The molecular weight excluding hydrogens is 262 g/mol. The summed E-state index contributed by atoms with van der Waals surface area (Å²) in [6, 6.07) is 11.4. The fraction of sp³-hybridized carbons (Fsp3) is 0.143. The van der Waals surface area contributed by atoms with Crippen LogP contribution in [0.1, 0.15) is 15.2 Å². The smallest absolute Gasteiger partial charge is 0.326 e. The van der Waals surface area contributed by atoms with Gasteiger partial charge in [-0.05, 0) is 23.6 Å². The summed E-state index contributed by atoms with van der Waals surface area (Å²) < 4.78 is 0. The number of nitrogens with one attached hydrogen (secondary N) is 1. The number of thiophene rings is 1. The van der Waals surface area contributed by atoms with E-state index in [4.69, 9.17) is 5.11 Å². The highest BCUT2D eigenvalue weighted by Crippen LogP contribution is 2.11. The summed E-state index contributed by atoms with van der Waals surface area (Å²) in [5, 5.41) is 13.6. The molecule has 4 nitrogen and oxygen atoms in total. The molecule has 1 amide bonds. The Morgan fingerprint density at radius 1 is 1.16 bits per heavy atom. The molecule has 2 rings (SSSR count). The number of hydrogen-bond acceptors (Lipinski definition) is 3. The van der Waals surface area contributed by atoms with Crippen molar-refractivity contribution in [1.82, 2.24) is 5.32 Å². The van der Waals surface area contributed by atoms with Gasteiger partial charge in [0.2, 0.25) is 0 Å². The van der Waals surface area contributed by atoms with Crippen molar-refractivity contribution in [1.29, 1.82) is 0 Å². The van der Waals surface area contributed by atoms with Gasteiger partial charge in [0.25, 0.3) is 5.91 Å². The minimum atomic E-state index is -1.03. The van der Waals surface area contributed by atoms with E-state index in [1.54, 1.807) is 30.3 Å². The van der Waals surface area contributed by atoms with E-state index in [-0.39, 0.29) is 5.91 Å². The number of aliphatic carboxylic acids is 1. The van der Waals surface area contributed by atoms with Crippen LogP contribution < -0.4 is 5.32 Å². The molecule has 1 aromatic heterocycles. The van der Waals surface area contributed by atoms with Crippen molar-refractivity contribution in [3.8, 4) is 0 Å². The second-order valence-corrected chi connectivity index (χ2v) is 5.05. The van der Waals surface area contributed by atoms with Crippen molar-refractivity contribution in [2.75, 3.05) is 0 Å². The summed E-state index contributed by atoms with van der Waals surface area (Å²) in [5.74, 6) is -1.40. The second-order valence-electron chi connectivity index (χ2n) is 4.01. The molecule has 0 fully saturated rings. The molecule has 0 unspecified atom stereocenters. The van der Waals surface area contributed by atoms with Crippen LogP contribution >= 0.6 is 11.3 Å². The quantitative estimate of drug-likeness (QED) is 0.879. The molecule has 0 aliphatic rings. The molecule has 0 saturated heterocycles. The minimum Gasteiger partial charge on any atom is -0.480 e. The second kappa shape index (κ2) is 6.15. The first-order chi connectivity index (χ1) is 9.16. The Morgan fingerprint density at radius 3 is 2.47 bits per heavy atom. The molecule has 0 bridgehead atoms. The van der Waals surface area contributed by atoms with Gasteiger partial charge in [-0.2, -0.15) is 0 Å². The summed E-state index contributed by atoms with van der Waals surface area (Å²) >= 11 is 1.48. The van der Waals surface area contributed by atoms with Crippen LogP contribution in [0.4, 0.5) is 0 Å².